The van der Waals surface area contributed by atoms with Crippen LogP contribution in [0.5, 0.6) is 0 Å². The van der Waals surface area contributed by atoms with Gasteiger partial charge >= 0.3 is 5.97 Å². The van der Waals surface area contributed by atoms with Crippen molar-refractivity contribution in [3.8, 4) is 6.07 Å². The van der Waals surface area contributed by atoms with Gasteiger partial charge in [-0.2, -0.15) is 5.26 Å². The standard InChI is InChI=1S/C23H23N3O4S/c24-12-18-17-4-2-1-3-5-19(17)31-22(18)26-20(27)13-30-23(29)15-8-10-16(11-9-15)25-21(28)14-6-7-14/h8-11,14H,1-7,13H2,(H,25,28)(H,26,27). The average Bonchev–Trinajstić information content (AvgIpc) is 3.59. The summed E-state index contributed by atoms with van der Waals surface area (Å²) in [5.41, 5.74) is 2.49. The maximum absolute atomic E-state index is 12.3. The van der Waals surface area contributed by atoms with Crippen molar-refractivity contribution in [3.63, 3.8) is 0 Å². The summed E-state index contributed by atoms with van der Waals surface area (Å²) in [6, 6.07) is 8.58. The van der Waals surface area contributed by atoms with Gasteiger partial charge in [0.15, 0.2) is 6.61 Å². The Morgan fingerprint density at radius 3 is 2.52 bits per heavy atom. The zero-order valence-electron chi connectivity index (χ0n) is 17.0. The Hall–Kier alpha value is -3.18. The molecule has 1 aromatic carbocycles. The minimum atomic E-state index is -0.627. The van der Waals surface area contributed by atoms with Crippen molar-refractivity contribution >= 4 is 39.8 Å². The lowest BCUT2D eigenvalue weighted by atomic mass is 10.1. The van der Waals surface area contributed by atoms with E-state index in [0.29, 0.717) is 16.3 Å². The first-order valence-electron chi connectivity index (χ1n) is 10.5. The lowest BCUT2D eigenvalue weighted by molar-refractivity contribution is -0.119. The molecule has 0 unspecified atom stereocenters. The molecule has 1 aromatic heterocycles. The van der Waals surface area contributed by atoms with Gasteiger partial charge in [0.2, 0.25) is 5.91 Å². The molecule has 2 N–H and O–H groups in total. The van der Waals surface area contributed by atoms with Gasteiger partial charge in [-0.3, -0.25) is 9.59 Å². The van der Waals surface area contributed by atoms with Crippen LogP contribution in [0.15, 0.2) is 24.3 Å². The second-order valence-electron chi connectivity index (χ2n) is 7.85. The summed E-state index contributed by atoms with van der Waals surface area (Å²) in [6.07, 6.45) is 6.91. The van der Waals surface area contributed by atoms with Crippen LogP contribution in [0.4, 0.5) is 10.7 Å². The Morgan fingerprint density at radius 2 is 1.81 bits per heavy atom. The molecular formula is C23H23N3O4S. The molecule has 1 fully saturated rings. The predicted octanol–water partition coefficient (Wildman–Crippen LogP) is 4.03. The summed E-state index contributed by atoms with van der Waals surface area (Å²) >= 11 is 1.44. The number of nitrogens with one attached hydrogen (secondary N) is 2. The first-order valence-corrected chi connectivity index (χ1v) is 11.3. The number of anilines is 2. The van der Waals surface area contributed by atoms with Crippen molar-refractivity contribution < 1.29 is 19.1 Å². The van der Waals surface area contributed by atoms with Crippen LogP contribution in [-0.4, -0.2) is 24.4 Å². The normalized spacial score (nSPS) is 15.2. The van der Waals surface area contributed by atoms with E-state index >= 15 is 0 Å². The zero-order valence-corrected chi connectivity index (χ0v) is 17.8. The van der Waals surface area contributed by atoms with Gasteiger partial charge in [-0.1, -0.05) is 6.42 Å². The largest absolute Gasteiger partial charge is 0.452 e. The molecule has 2 amide bonds. The molecule has 0 spiro atoms. The highest BCUT2D eigenvalue weighted by molar-refractivity contribution is 7.16. The van der Waals surface area contributed by atoms with Crippen molar-refractivity contribution in [2.24, 2.45) is 5.92 Å². The molecular weight excluding hydrogens is 414 g/mol. The lowest BCUT2D eigenvalue weighted by Gasteiger charge is -2.07. The second kappa shape index (κ2) is 9.31. The van der Waals surface area contributed by atoms with E-state index in [9.17, 15) is 19.6 Å². The molecule has 1 heterocycles. The number of carbonyl (C=O) groups excluding carboxylic acids is 3. The Bertz CT molecular complexity index is 1050. The maximum Gasteiger partial charge on any atom is 0.338 e. The minimum Gasteiger partial charge on any atom is -0.452 e. The molecule has 0 aliphatic heterocycles. The predicted molar refractivity (Wildman–Crippen MR) is 117 cm³/mol. The minimum absolute atomic E-state index is 0.00499. The fourth-order valence-electron chi connectivity index (χ4n) is 3.61. The fourth-order valence-corrected chi connectivity index (χ4v) is 4.86. The number of hydrogen-bond acceptors (Lipinski definition) is 6. The molecule has 2 aromatic rings. The number of thiophene rings is 1. The molecule has 2 aliphatic rings. The van der Waals surface area contributed by atoms with Crippen LogP contribution in [0.2, 0.25) is 0 Å². The monoisotopic (exact) mass is 437 g/mol. The van der Waals surface area contributed by atoms with E-state index in [4.69, 9.17) is 4.74 Å². The first kappa shape index (κ1) is 21.1. The molecule has 0 radical (unpaired) electrons. The third-order valence-corrected chi connectivity index (χ3v) is 6.66. The van der Waals surface area contributed by atoms with Gasteiger partial charge in [0.25, 0.3) is 5.91 Å². The molecule has 160 valence electrons. The fraction of sp³-hybridized carbons (Fsp3) is 0.391. The van der Waals surface area contributed by atoms with Crippen LogP contribution >= 0.6 is 11.3 Å². The molecule has 7 nitrogen and oxygen atoms in total. The van der Waals surface area contributed by atoms with E-state index in [1.807, 2.05) is 0 Å². The number of esters is 1. The smallest absolute Gasteiger partial charge is 0.338 e. The number of amides is 2. The number of aryl methyl sites for hydroxylation is 1. The summed E-state index contributed by atoms with van der Waals surface area (Å²) in [5, 5.41) is 15.6. The third kappa shape index (κ3) is 5.12. The van der Waals surface area contributed by atoms with Crippen LogP contribution in [-0.2, 0) is 27.2 Å². The number of nitrogens with zero attached hydrogens (tertiary/aromatic N) is 1. The molecule has 1 saturated carbocycles. The van der Waals surface area contributed by atoms with E-state index in [-0.39, 0.29) is 17.4 Å². The third-order valence-electron chi connectivity index (χ3n) is 5.46. The average molecular weight is 438 g/mol. The van der Waals surface area contributed by atoms with E-state index in [1.54, 1.807) is 24.3 Å². The number of nitriles is 1. The molecule has 31 heavy (non-hydrogen) atoms. The van der Waals surface area contributed by atoms with Gasteiger partial charge in [-0.25, -0.2) is 4.79 Å². The topological polar surface area (TPSA) is 108 Å². The highest BCUT2D eigenvalue weighted by atomic mass is 32.1. The highest BCUT2D eigenvalue weighted by Gasteiger charge is 2.29. The summed E-state index contributed by atoms with van der Waals surface area (Å²) in [6.45, 7) is -0.438. The van der Waals surface area contributed by atoms with Crippen molar-refractivity contribution in [3.05, 3.63) is 45.8 Å². The Kier molecular flexibility index (Phi) is 6.33. The van der Waals surface area contributed by atoms with Crippen molar-refractivity contribution in [2.75, 3.05) is 17.2 Å². The summed E-state index contributed by atoms with van der Waals surface area (Å²) in [7, 11) is 0. The molecule has 0 saturated heterocycles. The van der Waals surface area contributed by atoms with Crippen molar-refractivity contribution in [1.82, 2.24) is 0 Å². The van der Waals surface area contributed by atoms with Crippen molar-refractivity contribution in [1.29, 1.82) is 5.26 Å². The zero-order chi connectivity index (χ0) is 21.8. The van der Waals surface area contributed by atoms with Crippen LogP contribution in [0.3, 0.4) is 0 Å². The molecule has 8 heteroatoms. The summed E-state index contributed by atoms with van der Waals surface area (Å²) < 4.78 is 5.11. The number of fused-ring (bicyclic) bond motifs is 1. The lowest BCUT2D eigenvalue weighted by Crippen LogP contribution is -2.21. The summed E-state index contributed by atoms with van der Waals surface area (Å²) in [4.78, 5) is 37.5. The molecule has 0 bridgehead atoms. The Morgan fingerprint density at radius 1 is 1.06 bits per heavy atom. The van der Waals surface area contributed by atoms with E-state index in [0.717, 1.165) is 55.4 Å². The number of benzene rings is 1. The Balaban J connectivity index is 1.31. The van der Waals surface area contributed by atoms with Gasteiger partial charge in [0.05, 0.1) is 11.1 Å². The maximum atomic E-state index is 12.3. The number of hydrogen-bond donors (Lipinski definition) is 2. The SMILES string of the molecule is N#Cc1c(NC(=O)COC(=O)c2ccc(NC(=O)C3CC3)cc2)sc2c1CCCCC2. The molecule has 4 rings (SSSR count). The van der Waals surface area contributed by atoms with Crippen LogP contribution in [0.25, 0.3) is 0 Å². The van der Waals surface area contributed by atoms with Crippen LogP contribution in [0.1, 0.15) is 58.5 Å². The highest BCUT2D eigenvalue weighted by Crippen LogP contribution is 2.37. The van der Waals surface area contributed by atoms with Crippen LogP contribution in [0, 0.1) is 17.2 Å². The van der Waals surface area contributed by atoms with E-state index < -0.39 is 18.5 Å². The summed E-state index contributed by atoms with van der Waals surface area (Å²) in [5.74, 6) is -1.01. The second-order valence-corrected chi connectivity index (χ2v) is 8.95. The van der Waals surface area contributed by atoms with Crippen LogP contribution < -0.4 is 10.6 Å². The molecule has 2 aliphatic carbocycles. The van der Waals surface area contributed by atoms with E-state index in [1.165, 1.54) is 11.3 Å². The molecule has 0 atom stereocenters. The number of ether oxygens (including phenoxy) is 1. The van der Waals surface area contributed by atoms with Gasteiger partial charge in [-0.05, 0) is 68.4 Å². The first-order chi connectivity index (χ1) is 15.0. The quantitative estimate of drug-likeness (QED) is 0.524. The van der Waals surface area contributed by atoms with Gasteiger partial charge < -0.3 is 15.4 Å². The Labute approximate surface area is 184 Å². The van der Waals surface area contributed by atoms with Gasteiger partial charge in [-0.15, -0.1) is 11.3 Å². The van der Waals surface area contributed by atoms with Gasteiger partial charge in [0.1, 0.15) is 11.1 Å². The van der Waals surface area contributed by atoms with Gasteiger partial charge in [0, 0.05) is 16.5 Å². The number of rotatable bonds is 6. The van der Waals surface area contributed by atoms with Crippen molar-refractivity contribution in [2.45, 2.75) is 44.9 Å². The number of carbonyl (C=O) groups is 3. The van der Waals surface area contributed by atoms with E-state index in [2.05, 4.69) is 16.7 Å².